The van der Waals surface area contributed by atoms with E-state index in [0.717, 1.165) is 24.7 Å². The van der Waals surface area contributed by atoms with Gasteiger partial charge in [-0.2, -0.15) is 0 Å². The van der Waals surface area contributed by atoms with Crippen LogP contribution in [-0.2, 0) is 0 Å². The molecule has 0 radical (unpaired) electrons. The van der Waals surface area contributed by atoms with Crippen molar-refractivity contribution < 1.29 is 4.74 Å². The van der Waals surface area contributed by atoms with Crippen LogP contribution in [0.25, 0.3) is 0 Å². The second-order valence-electron chi connectivity index (χ2n) is 6.06. The van der Waals surface area contributed by atoms with Gasteiger partial charge in [0.1, 0.15) is 5.75 Å². The number of benzene rings is 1. The molecular formula is C17H28N2O. The molecular weight excluding hydrogens is 248 g/mol. The van der Waals surface area contributed by atoms with E-state index in [4.69, 9.17) is 4.74 Å². The summed E-state index contributed by atoms with van der Waals surface area (Å²) in [7, 11) is 4.35. The van der Waals surface area contributed by atoms with Crippen LogP contribution in [0.3, 0.4) is 0 Å². The number of para-hydroxylation sites is 1. The Morgan fingerprint density at radius 1 is 1.15 bits per heavy atom. The second-order valence-corrected chi connectivity index (χ2v) is 6.06. The number of ether oxygens (including phenoxy) is 1. The van der Waals surface area contributed by atoms with Gasteiger partial charge in [0.2, 0.25) is 0 Å². The molecule has 2 rings (SSSR count). The molecule has 1 heterocycles. The van der Waals surface area contributed by atoms with Gasteiger partial charge < -0.3 is 14.5 Å². The standard InChI is InChI=1S/C17H28N2O/c1-18(2)15-16-9-12-19(13-10-16)11-6-14-20-17-7-4-3-5-8-17/h3-5,7-8,16H,6,9-15H2,1-2H3. The van der Waals surface area contributed by atoms with E-state index >= 15 is 0 Å². The van der Waals surface area contributed by atoms with E-state index in [1.54, 1.807) is 0 Å². The molecule has 0 amide bonds. The molecule has 20 heavy (non-hydrogen) atoms. The Morgan fingerprint density at radius 2 is 1.85 bits per heavy atom. The zero-order chi connectivity index (χ0) is 14.2. The van der Waals surface area contributed by atoms with Crippen LogP contribution in [0.2, 0.25) is 0 Å². The molecule has 0 unspecified atom stereocenters. The molecule has 1 aliphatic rings. The topological polar surface area (TPSA) is 15.7 Å². The minimum absolute atomic E-state index is 0.821. The predicted octanol–water partition coefficient (Wildman–Crippen LogP) is 2.73. The van der Waals surface area contributed by atoms with Gasteiger partial charge in [0.25, 0.3) is 0 Å². The Bertz CT molecular complexity index is 359. The Balaban J connectivity index is 1.55. The molecule has 0 aromatic heterocycles. The van der Waals surface area contributed by atoms with Gasteiger partial charge in [0.05, 0.1) is 6.61 Å². The summed E-state index contributed by atoms with van der Waals surface area (Å²) in [5.41, 5.74) is 0. The van der Waals surface area contributed by atoms with Crippen LogP contribution in [0.15, 0.2) is 30.3 Å². The zero-order valence-corrected chi connectivity index (χ0v) is 12.9. The highest BCUT2D eigenvalue weighted by atomic mass is 16.5. The Hall–Kier alpha value is -1.06. The van der Waals surface area contributed by atoms with Crippen LogP contribution >= 0.6 is 0 Å². The zero-order valence-electron chi connectivity index (χ0n) is 12.9. The maximum absolute atomic E-state index is 5.74. The van der Waals surface area contributed by atoms with Gasteiger partial charge in [0.15, 0.2) is 0 Å². The average Bonchev–Trinajstić information content (AvgIpc) is 2.46. The monoisotopic (exact) mass is 276 g/mol. The van der Waals surface area contributed by atoms with Gasteiger partial charge in [-0.25, -0.2) is 0 Å². The van der Waals surface area contributed by atoms with E-state index in [-0.39, 0.29) is 0 Å². The van der Waals surface area contributed by atoms with Crippen molar-refractivity contribution in [2.24, 2.45) is 5.92 Å². The highest BCUT2D eigenvalue weighted by molar-refractivity contribution is 5.20. The first kappa shape index (κ1) is 15.3. The van der Waals surface area contributed by atoms with Gasteiger partial charge in [-0.3, -0.25) is 0 Å². The summed E-state index contributed by atoms with van der Waals surface area (Å²) in [6.07, 6.45) is 3.81. The van der Waals surface area contributed by atoms with Crippen molar-refractivity contribution in [2.75, 3.05) is 46.9 Å². The lowest BCUT2D eigenvalue weighted by molar-refractivity contribution is 0.153. The third-order valence-corrected chi connectivity index (χ3v) is 3.96. The molecule has 0 N–H and O–H groups in total. The van der Waals surface area contributed by atoms with Gasteiger partial charge in [0, 0.05) is 13.1 Å². The lowest BCUT2D eigenvalue weighted by atomic mass is 9.96. The molecule has 1 fully saturated rings. The fourth-order valence-electron chi connectivity index (χ4n) is 2.90. The fourth-order valence-corrected chi connectivity index (χ4v) is 2.90. The number of likely N-dealkylation sites (tertiary alicyclic amines) is 1. The van der Waals surface area contributed by atoms with Crippen molar-refractivity contribution in [3.05, 3.63) is 30.3 Å². The van der Waals surface area contributed by atoms with Crippen LogP contribution in [0.1, 0.15) is 19.3 Å². The lowest BCUT2D eigenvalue weighted by Gasteiger charge is -2.33. The van der Waals surface area contributed by atoms with E-state index in [1.807, 2.05) is 30.3 Å². The smallest absolute Gasteiger partial charge is 0.119 e. The highest BCUT2D eigenvalue weighted by Crippen LogP contribution is 2.17. The van der Waals surface area contributed by atoms with Crippen molar-refractivity contribution in [3.63, 3.8) is 0 Å². The summed E-state index contributed by atoms with van der Waals surface area (Å²) in [5, 5.41) is 0. The van der Waals surface area contributed by atoms with E-state index < -0.39 is 0 Å². The van der Waals surface area contributed by atoms with Crippen molar-refractivity contribution >= 4 is 0 Å². The van der Waals surface area contributed by atoms with E-state index in [9.17, 15) is 0 Å². The molecule has 1 aromatic rings. The summed E-state index contributed by atoms with van der Waals surface area (Å²) in [6.45, 7) is 5.74. The largest absolute Gasteiger partial charge is 0.494 e. The normalized spacial score (nSPS) is 17.6. The molecule has 1 aromatic carbocycles. The van der Waals surface area contributed by atoms with Crippen LogP contribution in [0, 0.1) is 5.92 Å². The maximum Gasteiger partial charge on any atom is 0.119 e. The molecule has 0 bridgehead atoms. The van der Waals surface area contributed by atoms with Crippen LogP contribution < -0.4 is 4.74 Å². The van der Waals surface area contributed by atoms with E-state index in [1.165, 1.54) is 39.0 Å². The molecule has 3 nitrogen and oxygen atoms in total. The third kappa shape index (κ3) is 5.51. The first-order valence-corrected chi connectivity index (χ1v) is 7.79. The molecule has 0 saturated carbocycles. The summed E-state index contributed by atoms with van der Waals surface area (Å²) in [6, 6.07) is 10.1. The Kier molecular flexibility index (Phi) is 6.34. The van der Waals surface area contributed by atoms with Gasteiger partial charge in [-0.15, -0.1) is 0 Å². The van der Waals surface area contributed by atoms with Crippen LogP contribution in [0.5, 0.6) is 5.75 Å². The molecule has 1 saturated heterocycles. The van der Waals surface area contributed by atoms with Gasteiger partial charge in [-0.05, 0) is 64.5 Å². The third-order valence-electron chi connectivity index (χ3n) is 3.96. The molecule has 0 aliphatic carbocycles. The molecule has 1 aliphatic heterocycles. The highest BCUT2D eigenvalue weighted by Gasteiger charge is 2.18. The van der Waals surface area contributed by atoms with E-state index in [0.29, 0.717) is 0 Å². The summed E-state index contributed by atoms with van der Waals surface area (Å²) in [4.78, 5) is 4.90. The fraction of sp³-hybridized carbons (Fsp3) is 0.647. The number of rotatable bonds is 7. The van der Waals surface area contributed by atoms with Crippen molar-refractivity contribution in [2.45, 2.75) is 19.3 Å². The second kappa shape index (κ2) is 8.28. The van der Waals surface area contributed by atoms with Gasteiger partial charge in [-0.1, -0.05) is 18.2 Å². The van der Waals surface area contributed by atoms with Gasteiger partial charge >= 0.3 is 0 Å². The predicted molar refractivity (Wildman–Crippen MR) is 84.3 cm³/mol. The van der Waals surface area contributed by atoms with Crippen molar-refractivity contribution in [1.82, 2.24) is 9.80 Å². The Labute approximate surface area is 123 Å². The number of piperidine rings is 1. The quantitative estimate of drug-likeness (QED) is 0.712. The minimum Gasteiger partial charge on any atom is -0.494 e. The average molecular weight is 276 g/mol. The van der Waals surface area contributed by atoms with Crippen LogP contribution in [0.4, 0.5) is 0 Å². The van der Waals surface area contributed by atoms with Crippen molar-refractivity contribution in [3.8, 4) is 5.75 Å². The summed E-state index contributed by atoms with van der Waals surface area (Å²) >= 11 is 0. The molecule has 112 valence electrons. The molecule has 0 atom stereocenters. The molecule has 3 heteroatoms. The Morgan fingerprint density at radius 3 is 2.50 bits per heavy atom. The number of hydrogen-bond acceptors (Lipinski definition) is 3. The van der Waals surface area contributed by atoms with Crippen molar-refractivity contribution in [1.29, 1.82) is 0 Å². The molecule has 0 spiro atoms. The first-order valence-electron chi connectivity index (χ1n) is 7.79. The number of nitrogens with zero attached hydrogens (tertiary/aromatic N) is 2. The maximum atomic E-state index is 5.74. The SMILES string of the molecule is CN(C)CC1CCN(CCCOc2ccccc2)CC1. The number of hydrogen-bond donors (Lipinski definition) is 0. The van der Waals surface area contributed by atoms with Crippen LogP contribution in [-0.4, -0.2) is 56.7 Å². The summed E-state index contributed by atoms with van der Waals surface area (Å²) < 4.78 is 5.74. The van der Waals surface area contributed by atoms with E-state index in [2.05, 4.69) is 23.9 Å². The lowest BCUT2D eigenvalue weighted by Crippen LogP contribution is -2.37. The summed E-state index contributed by atoms with van der Waals surface area (Å²) in [5.74, 6) is 1.87. The first-order chi connectivity index (χ1) is 9.74. The minimum atomic E-state index is 0.821.